The zero-order valence-electron chi connectivity index (χ0n) is 7.93. The number of alkyl halides is 1. The lowest BCUT2D eigenvalue weighted by Crippen LogP contribution is -2.09. The highest BCUT2D eigenvalue weighted by Gasteiger charge is 2.08. The maximum absolute atomic E-state index is 5.80. The van der Waals surface area contributed by atoms with E-state index in [1.54, 1.807) is 0 Å². The summed E-state index contributed by atoms with van der Waals surface area (Å²) in [4.78, 5) is 0.558. The average Bonchev–Trinajstić information content (AvgIpc) is 2.08. The molecule has 72 valence electrons. The van der Waals surface area contributed by atoms with Gasteiger partial charge in [-0.3, -0.25) is 0 Å². The lowest BCUT2D eigenvalue weighted by molar-refractivity contribution is 0.581. The van der Waals surface area contributed by atoms with Crippen LogP contribution in [-0.2, 0) is 6.42 Å². The minimum atomic E-state index is 0.558. The van der Waals surface area contributed by atoms with Crippen molar-refractivity contribution in [1.82, 2.24) is 0 Å². The number of benzene rings is 1. The third kappa shape index (κ3) is 3.70. The van der Waals surface area contributed by atoms with Gasteiger partial charge in [0.2, 0.25) is 0 Å². The molecular weight excluding hydrogens is 247 g/mol. The fraction of sp³-hybridized carbons (Fsp3) is 0.455. The first-order valence-corrected chi connectivity index (χ1v) is 5.77. The fourth-order valence-electron chi connectivity index (χ4n) is 1.15. The van der Waals surface area contributed by atoms with Gasteiger partial charge in [0.05, 0.1) is 0 Å². The Kier molecular flexibility index (Phi) is 4.27. The van der Waals surface area contributed by atoms with Gasteiger partial charge in [-0.2, -0.15) is 0 Å². The maximum Gasteiger partial charge on any atom is 0.0406 e. The molecule has 0 aromatic heterocycles. The van der Waals surface area contributed by atoms with Crippen molar-refractivity contribution in [3.8, 4) is 0 Å². The van der Waals surface area contributed by atoms with Crippen molar-refractivity contribution in [1.29, 1.82) is 0 Å². The molecule has 2 heteroatoms. The Hall–Kier alpha value is -0.0100. The van der Waals surface area contributed by atoms with Crippen molar-refractivity contribution < 1.29 is 0 Å². The summed E-state index contributed by atoms with van der Waals surface area (Å²) in [7, 11) is 0. The number of rotatable bonds is 3. The Bertz CT molecular complexity index is 253. The predicted octanol–water partition coefficient (Wildman–Crippen LogP) is 4.30. The van der Waals surface area contributed by atoms with E-state index in [4.69, 9.17) is 11.6 Å². The topological polar surface area (TPSA) is 0 Å². The summed E-state index contributed by atoms with van der Waals surface area (Å²) in [5, 5.41) is 0.809. The number of hydrogen-bond acceptors (Lipinski definition) is 0. The SMILES string of the molecule is CC(Br)C(C)Cc1ccc(Cl)cc1. The van der Waals surface area contributed by atoms with Gasteiger partial charge in [-0.1, -0.05) is 53.5 Å². The number of hydrogen-bond donors (Lipinski definition) is 0. The van der Waals surface area contributed by atoms with Crippen LogP contribution >= 0.6 is 27.5 Å². The summed E-state index contributed by atoms with van der Waals surface area (Å²) in [6.45, 7) is 4.43. The molecular formula is C11H14BrCl. The first kappa shape index (κ1) is 11.1. The molecule has 1 rings (SSSR count). The van der Waals surface area contributed by atoms with Crippen LogP contribution in [0.2, 0.25) is 5.02 Å². The molecule has 2 atom stereocenters. The molecule has 1 aromatic rings. The molecule has 0 fully saturated rings. The van der Waals surface area contributed by atoms with Gasteiger partial charge in [-0.25, -0.2) is 0 Å². The van der Waals surface area contributed by atoms with Crippen molar-refractivity contribution in [3.05, 3.63) is 34.9 Å². The standard InChI is InChI=1S/C11H14BrCl/c1-8(9(2)12)7-10-3-5-11(13)6-4-10/h3-6,8-9H,7H2,1-2H3. The van der Waals surface area contributed by atoms with Gasteiger partial charge in [0.25, 0.3) is 0 Å². The van der Waals surface area contributed by atoms with Gasteiger partial charge in [-0.05, 0) is 30.0 Å². The molecule has 0 nitrogen and oxygen atoms in total. The molecule has 2 unspecified atom stereocenters. The van der Waals surface area contributed by atoms with Crippen LogP contribution in [-0.4, -0.2) is 4.83 Å². The van der Waals surface area contributed by atoms with Gasteiger partial charge in [0.15, 0.2) is 0 Å². The predicted molar refractivity (Wildman–Crippen MR) is 62.7 cm³/mol. The van der Waals surface area contributed by atoms with Gasteiger partial charge < -0.3 is 0 Å². The molecule has 13 heavy (non-hydrogen) atoms. The van der Waals surface area contributed by atoms with E-state index in [1.165, 1.54) is 5.56 Å². The first-order chi connectivity index (χ1) is 6.09. The molecule has 0 aliphatic carbocycles. The van der Waals surface area contributed by atoms with Gasteiger partial charge in [0.1, 0.15) is 0 Å². The Labute approximate surface area is 93.4 Å². The third-order valence-corrected chi connectivity index (χ3v) is 3.41. The molecule has 0 saturated carbocycles. The lowest BCUT2D eigenvalue weighted by atomic mass is 9.99. The van der Waals surface area contributed by atoms with E-state index >= 15 is 0 Å². The quantitative estimate of drug-likeness (QED) is 0.712. The summed E-state index contributed by atoms with van der Waals surface area (Å²) in [6, 6.07) is 8.08. The van der Waals surface area contributed by atoms with Crippen LogP contribution in [0.15, 0.2) is 24.3 Å². The van der Waals surface area contributed by atoms with Crippen LogP contribution in [0.1, 0.15) is 19.4 Å². The van der Waals surface area contributed by atoms with E-state index < -0.39 is 0 Å². The number of halogens is 2. The molecule has 0 aliphatic heterocycles. The van der Waals surface area contributed by atoms with E-state index in [0.717, 1.165) is 11.4 Å². The van der Waals surface area contributed by atoms with Crippen LogP contribution in [0.4, 0.5) is 0 Å². The van der Waals surface area contributed by atoms with Gasteiger partial charge >= 0.3 is 0 Å². The summed E-state index contributed by atoms with van der Waals surface area (Å²) in [5.41, 5.74) is 1.35. The summed E-state index contributed by atoms with van der Waals surface area (Å²) in [5.74, 6) is 0.654. The second-order valence-corrected chi connectivity index (χ2v) is 5.37. The van der Waals surface area contributed by atoms with E-state index in [1.807, 2.05) is 12.1 Å². The van der Waals surface area contributed by atoms with E-state index in [2.05, 4.69) is 41.9 Å². The Morgan fingerprint density at radius 3 is 2.23 bits per heavy atom. The van der Waals surface area contributed by atoms with Crippen LogP contribution in [0.3, 0.4) is 0 Å². The highest BCUT2D eigenvalue weighted by Crippen LogP contribution is 2.18. The van der Waals surface area contributed by atoms with Crippen LogP contribution in [0, 0.1) is 5.92 Å². The van der Waals surface area contributed by atoms with E-state index in [-0.39, 0.29) is 0 Å². The van der Waals surface area contributed by atoms with Gasteiger partial charge in [0, 0.05) is 9.85 Å². The summed E-state index contributed by atoms with van der Waals surface area (Å²) >= 11 is 9.39. The molecule has 0 heterocycles. The average molecular weight is 262 g/mol. The van der Waals surface area contributed by atoms with Crippen LogP contribution in [0.25, 0.3) is 0 Å². The minimum absolute atomic E-state index is 0.558. The fourth-order valence-corrected chi connectivity index (χ4v) is 1.47. The first-order valence-electron chi connectivity index (χ1n) is 4.48. The Balaban J connectivity index is 2.59. The highest BCUT2D eigenvalue weighted by molar-refractivity contribution is 9.09. The molecule has 0 amide bonds. The second-order valence-electron chi connectivity index (χ2n) is 3.49. The minimum Gasteiger partial charge on any atom is -0.0891 e. The normalized spacial score (nSPS) is 15.4. The van der Waals surface area contributed by atoms with E-state index in [0.29, 0.717) is 10.7 Å². The van der Waals surface area contributed by atoms with E-state index in [9.17, 15) is 0 Å². The Morgan fingerprint density at radius 2 is 1.77 bits per heavy atom. The Morgan fingerprint density at radius 1 is 1.23 bits per heavy atom. The molecule has 1 aromatic carbocycles. The molecule has 0 bridgehead atoms. The van der Waals surface area contributed by atoms with Crippen molar-refractivity contribution >= 4 is 27.5 Å². The van der Waals surface area contributed by atoms with Crippen molar-refractivity contribution in [2.75, 3.05) is 0 Å². The molecule has 0 radical (unpaired) electrons. The monoisotopic (exact) mass is 260 g/mol. The smallest absolute Gasteiger partial charge is 0.0406 e. The molecule has 0 spiro atoms. The zero-order chi connectivity index (χ0) is 9.84. The summed E-state index contributed by atoms with van der Waals surface area (Å²) < 4.78 is 0. The summed E-state index contributed by atoms with van der Waals surface area (Å²) in [6.07, 6.45) is 1.10. The van der Waals surface area contributed by atoms with Crippen molar-refractivity contribution in [3.63, 3.8) is 0 Å². The van der Waals surface area contributed by atoms with Crippen LogP contribution < -0.4 is 0 Å². The van der Waals surface area contributed by atoms with Crippen LogP contribution in [0.5, 0.6) is 0 Å². The van der Waals surface area contributed by atoms with Gasteiger partial charge in [-0.15, -0.1) is 0 Å². The lowest BCUT2D eigenvalue weighted by Gasteiger charge is -2.13. The molecule has 0 N–H and O–H groups in total. The zero-order valence-corrected chi connectivity index (χ0v) is 10.3. The highest BCUT2D eigenvalue weighted by atomic mass is 79.9. The molecule has 0 saturated heterocycles. The molecule has 0 aliphatic rings. The second kappa shape index (κ2) is 5.02. The third-order valence-electron chi connectivity index (χ3n) is 2.26. The largest absolute Gasteiger partial charge is 0.0891 e. The van der Waals surface area contributed by atoms with Crippen molar-refractivity contribution in [2.45, 2.75) is 25.1 Å². The maximum atomic E-state index is 5.80. The van der Waals surface area contributed by atoms with Crippen molar-refractivity contribution in [2.24, 2.45) is 5.92 Å².